The summed E-state index contributed by atoms with van der Waals surface area (Å²) in [6, 6.07) is 12.4. The number of nitrogen functional groups attached to an aromatic ring is 1. The van der Waals surface area contributed by atoms with Crippen LogP contribution in [0.1, 0.15) is 5.56 Å². The third-order valence-corrected chi connectivity index (χ3v) is 3.12. The average Bonchev–Trinajstić information content (AvgIpc) is 2.27. The topological polar surface area (TPSA) is 29.3 Å². The third kappa shape index (κ3) is 3.01. The van der Waals surface area contributed by atoms with Crippen molar-refractivity contribution in [3.8, 4) is 0 Å². The van der Waals surface area contributed by atoms with Gasteiger partial charge in [-0.15, -0.1) is 0 Å². The second-order valence-corrected chi connectivity index (χ2v) is 5.12. The van der Waals surface area contributed by atoms with Crippen LogP contribution >= 0.6 is 15.9 Å². The van der Waals surface area contributed by atoms with Crippen molar-refractivity contribution in [2.45, 2.75) is 6.54 Å². The standard InChI is InChI=1S/C14H14BrFN2/c1-18(14-5-3-2-4-13(14)16)9-10-6-11(15)8-12(17)7-10/h2-8H,9,17H2,1H3. The van der Waals surface area contributed by atoms with E-state index in [4.69, 9.17) is 5.73 Å². The predicted octanol–water partition coefficient (Wildman–Crippen LogP) is 3.81. The van der Waals surface area contributed by atoms with E-state index in [0.717, 1.165) is 10.0 Å². The molecule has 0 saturated heterocycles. The molecule has 0 aliphatic rings. The largest absolute Gasteiger partial charge is 0.399 e. The summed E-state index contributed by atoms with van der Waals surface area (Å²) >= 11 is 3.40. The molecular weight excluding hydrogens is 295 g/mol. The van der Waals surface area contributed by atoms with Gasteiger partial charge >= 0.3 is 0 Å². The van der Waals surface area contributed by atoms with Crippen LogP contribution in [0.3, 0.4) is 0 Å². The second kappa shape index (κ2) is 5.40. The van der Waals surface area contributed by atoms with Gasteiger partial charge in [0.1, 0.15) is 5.82 Å². The second-order valence-electron chi connectivity index (χ2n) is 4.20. The smallest absolute Gasteiger partial charge is 0.146 e. The summed E-state index contributed by atoms with van der Waals surface area (Å²) in [7, 11) is 1.86. The SMILES string of the molecule is CN(Cc1cc(N)cc(Br)c1)c1ccccc1F. The van der Waals surface area contributed by atoms with Gasteiger partial charge in [-0.2, -0.15) is 0 Å². The first-order chi connectivity index (χ1) is 8.56. The Labute approximate surface area is 114 Å². The van der Waals surface area contributed by atoms with E-state index in [0.29, 0.717) is 17.9 Å². The minimum absolute atomic E-state index is 0.219. The quantitative estimate of drug-likeness (QED) is 0.874. The summed E-state index contributed by atoms with van der Waals surface area (Å²) < 4.78 is 14.6. The molecule has 2 rings (SSSR count). The molecule has 0 unspecified atom stereocenters. The molecule has 2 nitrogen and oxygen atoms in total. The van der Waals surface area contributed by atoms with E-state index in [9.17, 15) is 4.39 Å². The average molecular weight is 309 g/mol. The molecule has 0 bridgehead atoms. The first-order valence-electron chi connectivity index (χ1n) is 5.57. The number of para-hydroxylation sites is 1. The van der Waals surface area contributed by atoms with Crippen molar-refractivity contribution >= 4 is 27.3 Å². The Morgan fingerprint density at radius 2 is 1.94 bits per heavy atom. The van der Waals surface area contributed by atoms with Crippen LogP contribution in [0.5, 0.6) is 0 Å². The molecule has 0 radical (unpaired) electrons. The van der Waals surface area contributed by atoms with Crippen LogP contribution in [0.25, 0.3) is 0 Å². The maximum absolute atomic E-state index is 13.6. The van der Waals surface area contributed by atoms with Crippen molar-refractivity contribution in [2.75, 3.05) is 17.7 Å². The van der Waals surface area contributed by atoms with Gasteiger partial charge in [-0.25, -0.2) is 4.39 Å². The summed E-state index contributed by atoms with van der Waals surface area (Å²) in [5.74, 6) is -0.219. The van der Waals surface area contributed by atoms with Gasteiger partial charge in [-0.1, -0.05) is 28.1 Å². The maximum Gasteiger partial charge on any atom is 0.146 e. The number of anilines is 2. The highest BCUT2D eigenvalue weighted by Crippen LogP contribution is 2.22. The number of rotatable bonds is 3. The summed E-state index contributed by atoms with van der Waals surface area (Å²) in [6.45, 7) is 0.602. The Kier molecular flexibility index (Phi) is 3.87. The van der Waals surface area contributed by atoms with E-state index in [-0.39, 0.29) is 5.82 Å². The van der Waals surface area contributed by atoms with Crippen LogP contribution in [0.2, 0.25) is 0 Å². The molecule has 0 atom stereocenters. The summed E-state index contributed by atoms with van der Waals surface area (Å²) in [5.41, 5.74) is 8.09. The number of hydrogen-bond acceptors (Lipinski definition) is 2. The first kappa shape index (κ1) is 12.9. The molecule has 94 valence electrons. The van der Waals surface area contributed by atoms with Gasteiger partial charge in [0.25, 0.3) is 0 Å². The summed E-state index contributed by atoms with van der Waals surface area (Å²) in [5, 5.41) is 0. The number of nitrogens with two attached hydrogens (primary N) is 1. The van der Waals surface area contributed by atoms with Crippen LogP contribution in [0, 0.1) is 5.82 Å². The Hall–Kier alpha value is -1.55. The van der Waals surface area contributed by atoms with E-state index in [1.165, 1.54) is 6.07 Å². The highest BCUT2D eigenvalue weighted by atomic mass is 79.9. The van der Waals surface area contributed by atoms with E-state index in [1.54, 1.807) is 12.1 Å². The van der Waals surface area contributed by atoms with Gasteiger partial charge in [0.2, 0.25) is 0 Å². The number of halogens is 2. The minimum atomic E-state index is -0.219. The number of benzene rings is 2. The first-order valence-corrected chi connectivity index (χ1v) is 6.36. The molecule has 0 saturated carbocycles. The van der Waals surface area contributed by atoms with Crippen LogP contribution in [-0.2, 0) is 6.54 Å². The zero-order valence-corrected chi connectivity index (χ0v) is 11.6. The predicted molar refractivity (Wildman–Crippen MR) is 77.1 cm³/mol. The lowest BCUT2D eigenvalue weighted by atomic mass is 10.2. The zero-order chi connectivity index (χ0) is 13.1. The molecule has 0 spiro atoms. The normalized spacial score (nSPS) is 10.4. The van der Waals surface area contributed by atoms with Crippen LogP contribution in [-0.4, -0.2) is 7.05 Å². The molecular formula is C14H14BrFN2. The van der Waals surface area contributed by atoms with Gasteiger partial charge in [-0.3, -0.25) is 0 Å². The van der Waals surface area contributed by atoms with Gasteiger partial charge in [0.15, 0.2) is 0 Å². The van der Waals surface area contributed by atoms with E-state index < -0.39 is 0 Å². The van der Waals surface area contributed by atoms with Crippen LogP contribution in [0.4, 0.5) is 15.8 Å². The fourth-order valence-corrected chi connectivity index (χ4v) is 2.45. The molecule has 0 amide bonds. The van der Waals surface area contributed by atoms with Gasteiger partial charge in [-0.05, 0) is 35.9 Å². The molecule has 2 aromatic carbocycles. The molecule has 0 heterocycles. The van der Waals surface area contributed by atoms with Crippen LogP contribution in [0.15, 0.2) is 46.9 Å². The molecule has 0 fully saturated rings. The van der Waals surface area contributed by atoms with Gasteiger partial charge in [0.05, 0.1) is 5.69 Å². The Bertz CT molecular complexity index is 537. The molecule has 4 heteroatoms. The number of hydrogen-bond donors (Lipinski definition) is 1. The van der Waals surface area contributed by atoms with Crippen LogP contribution < -0.4 is 10.6 Å². The van der Waals surface area contributed by atoms with Crippen molar-refractivity contribution in [2.24, 2.45) is 0 Å². The Morgan fingerprint density at radius 3 is 2.61 bits per heavy atom. The summed E-state index contributed by atoms with van der Waals surface area (Å²) in [6.07, 6.45) is 0. The highest BCUT2D eigenvalue weighted by molar-refractivity contribution is 9.10. The monoisotopic (exact) mass is 308 g/mol. The molecule has 0 aliphatic carbocycles. The highest BCUT2D eigenvalue weighted by Gasteiger charge is 2.07. The van der Waals surface area contributed by atoms with E-state index >= 15 is 0 Å². The van der Waals surface area contributed by atoms with Crippen molar-refractivity contribution in [1.29, 1.82) is 0 Å². The zero-order valence-electron chi connectivity index (χ0n) is 10.0. The minimum Gasteiger partial charge on any atom is -0.399 e. The van der Waals surface area contributed by atoms with E-state index in [2.05, 4.69) is 15.9 Å². The lowest BCUT2D eigenvalue weighted by Crippen LogP contribution is -2.17. The molecule has 0 aliphatic heterocycles. The molecule has 2 N–H and O–H groups in total. The molecule has 0 aromatic heterocycles. The van der Waals surface area contributed by atoms with E-state index in [1.807, 2.05) is 36.2 Å². The molecule has 18 heavy (non-hydrogen) atoms. The molecule has 2 aromatic rings. The van der Waals surface area contributed by atoms with Gasteiger partial charge < -0.3 is 10.6 Å². The Balaban J connectivity index is 2.21. The Morgan fingerprint density at radius 1 is 1.22 bits per heavy atom. The van der Waals surface area contributed by atoms with Crippen molar-refractivity contribution in [1.82, 2.24) is 0 Å². The van der Waals surface area contributed by atoms with Crippen molar-refractivity contribution in [3.05, 3.63) is 58.3 Å². The summed E-state index contributed by atoms with van der Waals surface area (Å²) in [4.78, 5) is 1.86. The van der Waals surface area contributed by atoms with Crippen molar-refractivity contribution in [3.63, 3.8) is 0 Å². The maximum atomic E-state index is 13.6. The third-order valence-electron chi connectivity index (χ3n) is 2.66. The van der Waals surface area contributed by atoms with Crippen molar-refractivity contribution < 1.29 is 4.39 Å². The fourth-order valence-electron chi connectivity index (χ4n) is 1.89. The fraction of sp³-hybridized carbons (Fsp3) is 0.143. The van der Waals surface area contributed by atoms with Gasteiger partial charge in [0, 0.05) is 23.8 Å². The lowest BCUT2D eigenvalue weighted by Gasteiger charge is -2.20. The number of nitrogens with zero attached hydrogens (tertiary/aromatic N) is 1. The lowest BCUT2D eigenvalue weighted by molar-refractivity contribution is 0.622.